The van der Waals surface area contributed by atoms with Crippen molar-refractivity contribution in [1.82, 2.24) is 24.9 Å². The van der Waals surface area contributed by atoms with Crippen LogP contribution in [0, 0.1) is 0 Å². The topological polar surface area (TPSA) is 75.4 Å². The fraction of sp³-hybridized carbons (Fsp3) is 0.586. The van der Waals surface area contributed by atoms with Gasteiger partial charge < -0.3 is 19.2 Å². The molecular formula is C29H45N5O3Si. The Kier molecular flexibility index (Phi) is 8.81. The van der Waals surface area contributed by atoms with E-state index in [0.29, 0.717) is 13.2 Å². The first-order chi connectivity index (χ1) is 18.1. The van der Waals surface area contributed by atoms with Gasteiger partial charge in [0.1, 0.15) is 6.10 Å². The average Bonchev–Trinajstić information content (AvgIpc) is 3.44. The Hall–Kier alpha value is -2.46. The van der Waals surface area contributed by atoms with Gasteiger partial charge in [-0.15, -0.1) is 0 Å². The van der Waals surface area contributed by atoms with Gasteiger partial charge in [-0.25, -0.2) is 9.36 Å². The summed E-state index contributed by atoms with van der Waals surface area (Å²) in [6, 6.07) is 6.42. The van der Waals surface area contributed by atoms with Crippen LogP contribution in [-0.4, -0.2) is 60.8 Å². The smallest absolute Gasteiger partial charge is 0.220 e. The third-order valence-electron chi connectivity index (χ3n) is 7.84. The lowest BCUT2D eigenvalue weighted by Gasteiger charge is -2.36. The minimum Gasteiger partial charge on any atom is -0.473 e. The minimum absolute atomic E-state index is 0.0193. The summed E-state index contributed by atoms with van der Waals surface area (Å²) >= 11 is 0. The average molecular weight is 540 g/mol. The Bertz CT molecular complexity index is 1240. The Morgan fingerprint density at radius 2 is 2.08 bits per heavy atom. The van der Waals surface area contributed by atoms with E-state index in [2.05, 4.69) is 70.9 Å². The van der Waals surface area contributed by atoms with E-state index in [1.54, 1.807) is 0 Å². The molecule has 0 saturated carbocycles. The van der Waals surface area contributed by atoms with Crippen molar-refractivity contribution in [1.29, 1.82) is 0 Å². The molecule has 38 heavy (non-hydrogen) atoms. The summed E-state index contributed by atoms with van der Waals surface area (Å²) < 4.78 is 22.9. The summed E-state index contributed by atoms with van der Waals surface area (Å²) in [5.74, 6) is 0.758. The Morgan fingerprint density at radius 3 is 2.74 bits per heavy atom. The van der Waals surface area contributed by atoms with Crippen molar-refractivity contribution in [2.24, 2.45) is 0 Å². The molecule has 0 aliphatic carbocycles. The summed E-state index contributed by atoms with van der Waals surface area (Å²) in [5, 5.41) is 14.0. The molecule has 208 valence electrons. The van der Waals surface area contributed by atoms with Gasteiger partial charge in [0.2, 0.25) is 5.88 Å². The van der Waals surface area contributed by atoms with Gasteiger partial charge >= 0.3 is 0 Å². The van der Waals surface area contributed by atoms with Crippen molar-refractivity contribution in [2.45, 2.75) is 84.0 Å². The number of likely N-dealkylation sites (N-methyl/N-ethyl adjacent to an activating group) is 1. The molecule has 0 bridgehead atoms. The second kappa shape index (κ2) is 11.7. The van der Waals surface area contributed by atoms with Crippen molar-refractivity contribution >= 4 is 25.3 Å². The molecule has 8 nitrogen and oxygen atoms in total. The third kappa shape index (κ3) is 6.06. The molecule has 0 spiro atoms. The van der Waals surface area contributed by atoms with Crippen molar-refractivity contribution in [3.8, 4) is 17.0 Å². The summed E-state index contributed by atoms with van der Waals surface area (Å²) in [4.78, 5) is 0. The maximum atomic E-state index is 6.46. The number of ether oxygens (including phenoxy) is 2. The van der Waals surface area contributed by atoms with Crippen molar-refractivity contribution in [2.75, 3.05) is 26.8 Å². The van der Waals surface area contributed by atoms with Crippen LogP contribution in [0.1, 0.15) is 58.9 Å². The van der Waals surface area contributed by atoms with E-state index >= 15 is 0 Å². The normalized spacial score (nSPS) is 17.6. The van der Waals surface area contributed by atoms with Gasteiger partial charge in [-0.2, -0.15) is 10.2 Å². The number of rotatable bonds is 11. The van der Waals surface area contributed by atoms with E-state index in [-0.39, 0.29) is 17.4 Å². The summed E-state index contributed by atoms with van der Waals surface area (Å²) in [6.45, 7) is 20.2. The summed E-state index contributed by atoms with van der Waals surface area (Å²) in [6.07, 6.45) is 6.90. The molecular weight excluding hydrogens is 494 g/mol. The molecule has 0 amide bonds. The third-order valence-corrected chi connectivity index (χ3v) is 12.4. The molecule has 4 rings (SSSR count). The molecule has 1 aliphatic rings. The first kappa shape index (κ1) is 28.5. The zero-order chi connectivity index (χ0) is 27.5. The van der Waals surface area contributed by atoms with Gasteiger partial charge in [0.25, 0.3) is 0 Å². The van der Waals surface area contributed by atoms with Crippen LogP contribution >= 0.6 is 0 Å². The summed E-state index contributed by atoms with van der Waals surface area (Å²) in [7, 11) is 0.0819. The van der Waals surface area contributed by atoms with Crippen LogP contribution in [-0.2, 0) is 15.7 Å². The maximum Gasteiger partial charge on any atom is 0.220 e. The van der Waals surface area contributed by atoms with Gasteiger partial charge in [0.05, 0.1) is 36.1 Å². The van der Waals surface area contributed by atoms with Crippen molar-refractivity contribution in [3.05, 3.63) is 36.7 Å². The molecule has 1 N–H and O–H groups in total. The van der Waals surface area contributed by atoms with Gasteiger partial charge in [-0.05, 0) is 75.1 Å². The number of nitrogens with zero attached hydrogens (tertiary/aromatic N) is 4. The zero-order valence-corrected chi connectivity index (χ0v) is 25.2. The second-order valence-corrected chi connectivity index (χ2v) is 16.6. The van der Waals surface area contributed by atoms with Gasteiger partial charge in [0, 0.05) is 18.5 Å². The highest BCUT2D eigenvalue weighted by atomic mass is 28.4. The van der Waals surface area contributed by atoms with Crippen LogP contribution < -0.4 is 10.1 Å². The fourth-order valence-corrected chi connectivity index (χ4v) is 5.63. The lowest BCUT2D eigenvalue weighted by Crippen LogP contribution is -2.41. The van der Waals surface area contributed by atoms with Crippen LogP contribution in [0.5, 0.6) is 5.88 Å². The minimum atomic E-state index is -1.85. The highest BCUT2D eigenvalue weighted by Gasteiger charge is 2.37. The molecule has 1 saturated heterocycles. The van der Waals surface area contributed by atoms with Gasteiger partial charge in [0.15, 0.2) is 14.5 Å². The summed E-state index contributed by atoms with van der Waals surface area (Å²) in [5.41, 5.74) is 3.90. The Morgan fingerprint density at radius 1 is 1.29 bits per heavy atom. The molecule has 3 heterocycles. The molecule has 0 radical (unpaired) electrons. The predicted molar refractivity (Wildman–Crippen MR) is 157 cm³/mol. The number of fused-ring (bicyclic) bond motifs is 1. The van der Waals surface area contributed by atoms with E-state index in [9.17, 15) is 0 Å². The molecule has 1 fully saturated rings. The number of hydrogen-bond donors (Lipinski definition) is 1. The number of nitrogens with one attached hydrogen (secondary N) is 1. The number of benzene rings is 1. The molecule has 1 aliphatic heterocycles. The SMILES string of the molecule is C=Cc1nn(C2CCCCO2)c2ccc(-c3cnn(CCO[Si](C)(C)C(C)(C)C)c3OC(C)CNC)cc12. The van der Waals surface area contributed by atoms with Crippen LogP contribution in [0.15, 0.2) is 31.0 Å². The second-order valence-electron chi connectivity index (χ2n) is 11.8. The van der Waals surface area contributed by atoms with E-state index in [4.69, 9.17) is 24.1 Å². The standard InChI is InChI=1S/C29H45N5O3Si/c1-9-25-23-18-22(13-14-26(23)34(32-25)27-12-10-11-16-35-27)24-20-31-33(28(24)37-21(2)19-30-6)15-17-36-38(7,8)29(3,4)5/h9,13-14,18,20-21,27,30H,1,10-12,15-17,19H2,2-8H3. The first-order valence-corrected chi connectivity index (χ1v) is 16.7. The van der Waals surface area contributed by atoms with E-state index in [0.717, 1.165) is 66.0 Å². The van der Waals surface area contributed by atoms with Gasteiger partial charge in [-0.3, -0.25) is 0 Å². The molecule has 2 unspecified atom stereocenters. The molecule has 1 aromatic carbocycles. The van der Waals surface area contributed by atoms with Crippen LogP contribution in [0.25, 0.3) is 28.1 Å². The maximum absolute atomic E-state index is 6.46. The van der Waals surface area contributed by atoms with E-state index in [1.165, 1.54) is 0 Å². The fourth-order valence-electron chi connectivity index (χ4n) is 4.60. The molecule has 2 atom stereocenters. The molecule has 3 aromatic rings. The highest BCUT2D eigenvalue weighted by molar-refractivity contribution is 6.74. The van der Waals surface area contributed by atoms with Crippen LogP contribution in [0.3, 0.4) is 0 Å². The van der Waals surface area contributed by atoms with Crippen LogP contribution in [0.4, 0.5) is 0 Å². The monoisotopic (exact) mass is 539 g/mol. The van der Waals surface area contributed by atoms with Gasteiger partial charge in [-0.1, -0.05) is 33.4 Å². The number of aromatic nitrogens is 4. The Balaban J connectivity index is 1.66. The highest BCUT2D eigenvalue weighted by Crippen LogP contribution is 2.38. The predicted octanol–water partition coefficient (Wildman–Crippen LogP) is 6.25. The zero-order valence-electron chi connectivity index (χ0n) is 24.2. The quantitative estimate of drug-likeness (QED) is 0.290. The van der Waals surface area contributed by atoms with E-state index in [1.807, 2.05) is 28.7 Å². The van der Waals surface area contributed by atoms with Crippen LogP contribution in [0.2, 0.25) is 18.1 Å². The molecule has 9 heteroatoms. The largest absolute Gasteiger partial charge is 0.473 e. The lowest BCUT2D eigenvalue weighted by atomic mass is 10.1. The first-order valence-electron chi connectivity index (χ1n) is 13.8. The van der Waals surface area contributed by atoms with E-state index < -0.39 is 8.32 Å². The lowest BCUT2D eigenvalue weighted by molar-refractivity contribution is -0.0367. The molecule has 2 aromatic heterocycles. The van der Waals surface area contributed by atoms with Crippen molar-refractivity contribution in [3.63, 3.8) is 0 Å². The number of hydrogen-bond acceptors (Lipinski definition) is 6. The van der Waals surface area contributed by atoms with Crippen molar-refractivity contribution < 1.29 is 13.9 Å². The Labute approximate surface area is 228 Å².